The molecule has 2 amide bonds. The number of nitrogens with one attached hydrogen (secondary N) is 1. The molecule has 7 heteroatoms. The first kappa shape index (κ1) is 21.0. The average Bonchev–Trinajstić information content (AvgIpc) is 3.19. The van der Waals surface area contributed by atoms with Crippen molar-refractivity contribution in [3.05, 3.63) is 47.0 Å². The topological polar surface area (TPSA) is 65.5 Å². The van der Waals surface area contributed by atoms with Crippen LogP contribution in [0.2, 0.25) is 0 Å². The Morgan fingerprint density at radius 3 is 2.70 bits per heavy atom. The van der Waals surface area contributed by atoms with Crippen LogP contribution in [0.1, 0.15) is 56.3 Å². The van der Waals surface area contributed by atoms with Gasteiger partial charge in [0.25, 0.3) is 5.91 Å². The van der Waals surface area contributed by atoms with Crippen molar-refractivity contribution < 1.29 is 9.59 Å². The van der Waals surface area contributed by atoms with Crippen molar-refractivity contribution in [1.82, 2.24) is 14.8 Å². The maximum Gasteiger partial charge on any atom is 0.253 e. The molecule has 0 spiro atoms. The van der Waals surface area contributed by atoms with E-state index in [9.17, 15) is 9.59 Å². The minimum absolute atomic E-state index is 0.0457. The third-order valence-corrected chi connectivity index (χ3v) is 6.89. The van der Waals surface area contributed by atoms with Crippen LogP contribution in [0, 0.1) is 5.92 Å². The van der Waals surface area contributed by atoms with Crippen molar-refractivity contribution in [2.75, 3.05) is 25.0 Å². The van der Waals surface area contributed by atoms with E-state index in [1.54, 1.807) is 4.90 Å². The summed E-state index contributed by atoms with van der Waals surface area (Å²) >= 11 is 1.45. The summed E-state index contributed by atoms with van der Waals surface area (Å²) in [5.41, 5.74) is 1.83. The minimum atomic E-state index is -0.616. The highest BCUT2D eigenvalue weighted by molar-refractivity contribution is 7.13. The molecular weight excluding hydrogens is 396 g/mol. The second kappa shape index (κ2) is 9.71. The summed E-state index contributed by atoms with van der Waals surface area (Å²) in [6, 6.07) is 8.95. The van der Waals surface area contributed by atoms with E-state index in [-0.39, 0.29) is 11.8 Å². The number of benzene rings is 1. The number of anilines is 1. The molecule has 1 unspecified atom stereocenters. The maximum absolute atomic E-state index is 13.2. The van der Waals surface area contributed by atoms with E-state index in [1.807, 2.05) is 35.7 Å². The molecule has 1 atom stereocenters. The molecule has 2 aliphatic heterocycles. The van der Waals surface area contributed by atoms with Crippen LogP contribution in [-0.4, -0.2) is 46.2 Å². The molecule has 1 N–H and O–H groups in total. The van der Waals surface area contributed by atoms with Gasteiger partial charge in [-0.25, -0.2) is 4.98 Å². The molecule has 160 valence electrons. The van der Waals surface area contributed by atoms with Gasteiger partial charge in [-0.05, 0) is 50.3 Å². The fourth-order valence-corrected chi connectivity index (χ4v) is 4.97. The summed E-state index contributed by atoms with van der Waals surface area (Å²) in [5.74, 6) is 0.660. The van der Waals surface area contributed by atoms with Gasteiger partial charge < -0.3 is 4.90 Å². The molecule has 2 aliphatic rings. The van der Waals surface area contributed by atoms with Crippen LogP contribution in [0.15, 0.2) is 35.7 Å². The highest BCUT2D eigenvalue weighted by Gasteiger charge is 2.33. The fourth-order valence-electron chi connectivity index (χ4n) is 4.27. The number of nitrogens with zero attached hydrogens (tertiary/aromatic N) is 3. The maximum atomic E-state index is 13.2. The van der Waals surface area contributed by atoms with Crippen LogP contribution >= 0.6 is 11.3 Å². The van der Waals surface area contributed by atoms with Crippen LogP contribution in [0.4, 0.5) is 5.13 Å². The second-order valence-corrected chi connectivity index (χ2v) is 9.31. The number of hydrogen-bond acceptors (Lipinski definition) is 5. The number of hydrogen-bond donors (Lipinski definition) is 1. The molecule has 4 rings (SSSR count). The smallest absolute Gasteiger partial charge is 0.253 e. The first-order valence-corrected chi connectivity index (χ1v) is 11.8. The molecule has 2 saturated heterocycles. The van der Waals surface area contributed by atoms with Crippen molar-refractivity contribution in [1.29, 1.82) is 0 Å². The van der Waals surface area contributed by atoms with Gasteiger partial charge in [0.05, 0.1) is 5.69 Å². The van der Waals surface area contributed by atoms with Crippen LogP contribution in [-0.2, 0) is 16.1 Å². The normalized spacial score (nSPS) is 19.6. The number of carbonyl (C=O) groups excluding carboxylic acids is 2. The Bertz CT molecular complexity index is 861. The Hall–Kier alpha value is -2.25. The summed E-state index contributed by atoms with van der Waals surface area (Å²) in [4.78, 5) is 34.6. The predicted molar refractivity (Wildman–Crippen MR) is 119 cm³/mol. The summed E-state index contributed by atoms with van der Waals surface area (Å²) < 4.78 is 0. The zero-order valence-electron chi connectivity index (χ0n) is 17.5. The lowest BCUT2D eigenvalue weighted by molar-refractivity contribution is -0.141. The summed E-state index contributed by atoms with van der Waals surface area (Å²) in [6.45, 7) is 5.96. The zero-order valence-corrected chi connectivity index (χ0v) is 18.4. The molecule has 0 bridgehead atoms. The van der Waals surface area contributed by atoms with Crippen molar-refractivity contribution >= 4 is 28.3 Å². The molecule has 3 heterocycles. The molecule has 1 aromatic heterocycles. The van der Waals surface area contributed by atoms with Gasteiger partial charge >= 0.3 is 0 Å². The van der Waals surface area contributed by atoms with E-state index in [2.05, 4.69) is 22.1 Å². The molecule has 0 saturated carbocycles. The third-order valence-electron chi connectivity index (χ3n) is 6.08. The van der Waals surface area contributed by atoms with Gasteiger partial charge in [0.2, 0.25) is 5.91 Å². The highest BCUT2D eigenvalue weighted by Crippen LogP contribution is 2.28. The van der Waals surface area contributed by atoms with Crippen LogP contribution in [0.5, 0.6) is 0 Å². The van der Waals surface area contributed by atoms with E-state index in [1.165, 1.54) is 24.2 Å². The number of likely N-dealkylation sites (tertiary alicyclic amines) is 2. The quantitative estimate of drug-likeness (QED) is 0.756. The number of piperidine rings is 2. The van der Waals surface area contributed by atoms with E-state index >= 15 is 0 Å². The van der Waals surface area contributed by atoms with Gasteiger partial charge in [-0.3, -0.25) is 19.8 Å². The largest absolute Gasteiger partial charge is 0.327 e. The highest BCUT2D eigenvalue weighted by atomic mass is 32.1. The molecule has 6 nitrogen and oxygen atoms in total. The summed E-state index contributed by atoms with van der Waals surface area (Å²) in [7, 11) is 0. The van der Waals surface area contributed by atoms with Gasteiger partial charge in [0.1, 0.15) is 6.04 Å². The van der Waals surface area contributed by atoms with E-state index in [4.69, 9.17) is 0 Å². The number of amides is 2. The van der Waals surface area contributed by atoms with E-state index < -0.39 is 6.04 Å². The Morgan fingerprint density at radius 2 is 1.97 bits per heavy atom. The lowest BCUT2D eigenvalue weighted by atomic mass is 9.99. The molecular formula is C23H30N4O2S. The lowest BCUT2D eigenvalue weighted by Gasteiger charge is -2.33. The molecule has 2 aromatic rings. The standard InChI is InChI=1S/C23H30N4O2S/c1-17-10-13-26(14-11-17)15-19-16-30-23(24-19)25-22(29)21(18-7-3-2-4-8-18)27-12-6-5-9-20(27)28/h2-4,7-8,16-17,21H,5-6,9-15H2,1H3,(H,24,25,29). The van der Waals surface area contributed by atoms with Gasteiger partial charge in [0, 0.05) is 24.9 Å². The predicted octanol–water partition coefficient (Wildman–Crippen LogP) is 4.07. The van der Waals surface area contributed by atoms with Gasteiger partial charge in [0.15, 0.2) is 5.13 Å². The second-order valence-electron chi connectivity index (χ2n) is 8.45. The molecule has 30 heavy (non-hydrogen) atoms. The molecule has 2 fully saturated rings. The number of carbonyl (C=O) groups is 2. The van der Waals surface area contributed by atoms with Crippen molar-refractivity contribution in [2.24, 2.45) is 5.92 Å². The fraction of sp³-hybridized carbons (Fsp3) is 0.522. The SMILES string of the molecule is CC1CCN(Cc2csc(NC(=O)C(c3ccccc3)N3CCCCC3=O)n2)CC1. The zero-order chi connectivity index (χ0) is 20.9. The summed E-state index contributed by atoms with van der Waals surface area (Å²) in [5, 5.41) is 5.61. The van der Waals surface area contributed by atoms with Crippen molar-refractivity contribution in [2.45, 2.75) is 51.6 Å². The van der Waals surface area contributed by atoms with Crippen LogP contribution in [0.25, 0.3) is 0 Å². The van der Waals surface area contributed by atoms with Crippen molar-refractivity contribution in [3.8, 4) is 0 Å². The molecule has 0 aliphatic carbocycles. The van der Waals surface area contributed by atoms with E-state index in [0.717, 1.165) is 49.7 Å². The Kier molecular flexibility index (Phi) is 6.79. The Morgan fingerprint density at radius 1 is 1.20 bits per heavy atom. The average molecular weight is 427 g/mol. The van der Waals surface area contributed by atoms with Gasteiger partial charge in [-0.15, -0.1) is 11.3 Å². The molecule has 1 aromatic carbocycles. The van der Waals surface area contributed by atoms with Gasteiger partial charge in [-0.2, -0.15) is 0 Å². The lowest BCUT2D eigenvalue weighted by Crippen LogP contribution is -2.43. The van der Waals surface area contributed by atoms with E-state index in [0.29, 0.717) is 18.1 Å². The van der Waals surface area contributed by atoms with Crippen molar-refractivity contribution in [3.63, 3.8) is 0 Å². The van der Waals surface area contributed by atoms with Gasteiger partial charge in [-0.1, -0.05) is 37.3 Å². The Labute approximate surface area is 182 Å². The Balaban J connectivity index is 1.45. The first-order chi connectivity index (χ1) is 14.6. The number of aromatic nitrogens is 1. The molecule has 0 radical (unpaired) electrons. The minimum Gasteiger partial charge on any atom is -0.327 e. The third kappa shape index (κ3) is 5.08. The van der Waals surface area contributed by atoms with Crippen LogP contribution < -0.4 is 5.32 Å². The number of thiazole rings is 1. The monoisotopic (exact) mass is 426 g/mol. The van der Waals surface area contributed by atoms with Crippen LogP contribution in [0.3, 0.4) is 0 Å². The first-order valence-electron chi connectivity index (χ1n) is 10.9. The number of rotatable bonds is 6. The summed E-state index contributed by atoms with van der Waals surface area (Å²) in [6.07, 6.45) is 4.79.